The number of aromatic hydroxyl groups is 1. The van der Waals surface area contributed by atoms with Gasteiger partial charge in [0.2, 0.25) is 0 Å². The number of aliphatic hydroxyl groups is 1. The van der Waals surface area contributed by atoms with Crippen LogP contribution in [0.4, 0.5) is 4.39 Å². The molecule has 35 heavy (non-hydrogen) atoms. The molecule has 2 aliphatic carbocycles. The molecular formula is C27H25FN2O5. The first kappa shape index (κ1) is 21.1. The molecule has 2 saturated carbocycles. The minimum atomic E-state index is -1.14. The van der Waals surface area contributed by atoms with Gasteiger partial charge in [0.25, 0.3) is 11.8 Å². The van der Waals surface area contributed by atoms with E-state index in [2.05, 4.69) is 11.5 Å². The number of likely N-dealkylation sites (tertiary alicyclic amines) is 1. The summed E-state index contributed by atoms with van der Waals surface area (Å²) in [5.41, 5.74) is -0.118. The molecule has 7 rings (SSSR count). The Morgan fingerprint density at radius 1 is 1.23 bits per heavy atom. The Balaban J connectivity index is 1.37. The number of fused-ring (bicyclic) bond motifs is 4. The van der Waals surface area contributed by atoms with Gasteiger partial charge in [-0.15, -0.1) is 6.58 Å². The SMILES string of the molecule is C=CCN1CC2[C@@H]1[C@]1(O)CC[C@@H](N3C(=O)c4ccc(F)cc4C3=O)[C@@H]3Oc4c(O)ccc(C)c4[C@@]231. The van der Waals surface area contributed by atoms with Crippen molar-refractivity contribution in [2.75, 3.05) is 13.1 Å². The van der Waals surface area contributed by atoms with Gasteiger partial charge < -0.3 is 14.9 Å². The number of halogens is 1. The molecule has 180 valence electrons. The molecular weight excluding hydrogens is 451 g/mol. The average molecular weight is 477 g/mol. The molecule has 3 fully saturated rings. The Labute approximate surface area is 201 Å². The predicted molar refractivity (Wildman–Crippen MR) is 123 cm³/mol. The van der Waals surface area contributed by atoms with E-state index in [9.17, 15) is 24.2 Å². The number of hydrogen-bond donors (Lipinski definition) is 2. The van der Waals surface area contributed by atoms with E-state index in [0.29, 0.717) is 31.7 Å². The van der Waals surface area contributed by atoms with Crippen molar-refractivity contribution >= 4 is 11.8 Å². The van der Waals surface area contributed by atoms with Crippen molar-refractivity contribution in [2.45, 2.75) is 49.0 Å². The maximum Gasteiger partial charge on any atom is 0.262 e. The van der Waals surface area contributed by atoms with Crippen molar-refractivity contribution in [3.05, 3.63) is 71.1 Å². The van der Waals surface area contributed by atoms with Crippen LogP contribution in [-0.4, -0.2) is 68.7 Å². The molecule has 8 heteroatoms. The molecule has 0 radical (unpaired) electrons. The number of carbonyl (C=O) groups excluding carboxylic acids is 2. The quantitative estimate of drug-likeness (QED) is 0.523. The van der Waals surface area contributed by atoms with Crippen LogP contribution in [0.25, 0.3) is 0 Å². The molecule has 1 unspecified atom stereocenters. The first-order chi connectivity index (χ1) is 16.8. The molecule has 1 spiro atoms. The van der Waals surface area contributed by atoms with Gasteiger partial charge in [-0.1, -0.05) is 12.1 Å². The number of phenols is 1. The summed E-state index contributed by atoms with van der Waals surface area (Å²) in [6.45, 7) is 7.14. The summed E-state index contributed by atoms with van der Waals surface area (Å²) in [7, 11) is 0. The van der Waals surface area contributed by atoms with Crippen LogP contribution < -0.4 is 4.74 Å². The van der Waals surface area contributed by atoms with Gasteiger partial charge in [-0.25, -0.2) is 4.39 Å². The first-order valence-corrected chi connectivity index (χ1v) is 12.0. The van der Waals surface area contributed by atoms with Crippen LogP contribution >= 0.6 is 0 Å². The second-order valence-electron chi connectivity index (χ2n) is 10.5. The third-order valence-electron chi connectivity index (χ3n) is 9.19. The van der Waals surface area contributed by atoms with Crippen molar-refractivity contribution in [3.8, 4) is 11.5 Å². The fourth-order valence-corrected chi connectivity index (χ4v) is 8.01. The number of rotatable bonds is 3. The number of ether oxygens (including phenoxy) is 1. The zero-order valence-electron chi connectivity index (χ0n) is 19.2. The normalized spacial score (nSPS) is 36.3. The highest BCUT2D eigenvalue weighted by Crippen LogP contribution is 2.73. The summed E-state index contributed by atoms with van der Waals surface area (Å²) in [5, 5.41) is 23.0. The van der Waals surface area contributed by atoms with Gasteiger partial charge in [0.1, 0.15) is 11.9 Å². The molecule has 0 bridgehead atoms. The monoisotopic (exact) mass is 476 g/mol. The highest BCUT2D eigenvalue weighted by atomic mass is 19.1. The number of hydrogen-bond acceptors (Lipinski definition) is 6. The van der Waals surface area contributed by atoms with Crippen LogP contribution in [0.3, 0.4) is 0 Å². The van der Waals surface area contributed by atoms with Gasteiger partial charge in [0.05, 0.1) is 28.2 Å². The number of nitrogens with zero attached hydrogens (tertiary/aromatic N) is 2. The lowest BCUT2D eigenvalue weighted by Gasteiger charge is -2.77. The Kier molecular flexibility index (Phi) is 3.92. The zero-order valence-corrected chi connectivity index (χ0v) is 19.2. The van der Waals surface area contributed by atoms with E-state index in [1.165, 1.54) is 17.0 Å². The fourth-order valence-electron chi connectivity index (χ4n) is 8.01. The number of phenolic OH excluding ortho intramolecular Hbond substituents is 1. The van der Waals surface area contributed by atoms with Crippen molar-refractivity contribution in [1.82, 2.24) is 9.80 Å². The molecule has 1 saturated heterocycles. The van der Waals surface area contributed by atoms with Gasteiger partial charge >= 0.3 is 0 Å². The van der Waals surface area contributed by atoms with E-state index in [-0.39, 0.29) is 28.8 Å². The number of imide groups is 1. The molecule has 2 amide bonds. The van der Waals surface area contributed by atoms with Crippen LogP contribution in [-0.2, 0) is 5.41 Å². The highest BCUT2D eigenvalue weighted by molar-refractivity contribution is 6.21. The lowest BCUT2D eigenvalue weighted by Crippen LogP contribution is -2.92. The third kappa shape index (κ3) is 2.15. The van der Waals surface area contributed by atoms with E-state index >= 15 is 0 Å². The Hall–Kier alpha value is -3.23. The minimum Gasteiger partial charge on any atom is -0.504 e. The Bertz CT molecular complexity index is 1360. The fraction of sp³-hybridized carbons (Fsp3) is 0.407. The highest BCUT2D eigenvalue weighted by Gasteiger charge is 2.85. The van der Waals surface area contributed by atoms with E-state index in [1.54, 1.807) is 6.07 Å². The predicted octanol–water partition coefficient (Wildman–Crippen LogP) is 2.53. The molecule has 6 atom stereocenters. The van der Waals surface area contributed by atoms with E-state index < -0.39 is 40.8 Å². The second-order valence-corrected chi connectivity index (χ2v) is 10.5. The number of piperidine rings is 1. The topological polar surface area (TPSA) is 90.3 Å². The van der Waals surface area contributed by atoms with E-state index in [1.807, 2.05) is 19.1 Å². The summed E-state index contributed by atoms with van der Waals surface area (Å²) in [4.78, 5) is 30.2. The lowest BCUT2D eigenvalue weighted by molar-refractivity contribution is -0.318. The summed E-state index contributed by atoms with van der Waals surface area (Å²) < 4.78 is 20.3. The second kappa shape index (κ2) is 6.50. The molecule has 3 aliphatic heterocycles. The van der Waals surface area contributed by atoms with Gasteiger partial charge in [-0.3, -0.25) is 19.4 Å². The number of benzene rings is 2. The van der Waals surface area contributed by atoms with E-state index in [0.717, 1.165) is 17.2 Å². The smallest absolute Gasteiger partial charge is 0.262 e. The van der Waals surface area contributed by atoms with Crippen molar-refractivity contribution in [2.24, 2.45) is 5.92 Å². The summed E-state index contributed by atoms with van der Waals surface area (Å²) in [6.07, 6.45) is 1.81. The van der Waals surface area contributed by atoms with Crippen LogP contribution in [0.1, 0.15) is 44.7 Å². The molecule has 2 N–H and O–H groups in total. The van der Waals surface area contributed by atoms with Crippen LogP contribution in [0, 0.1) is 18.7 Å². The summed E-state index contributed by atoms with van der Waals surface area (Å²) in [6, 6.07) is 6.26. The Morgan fingerprint density at radius 2 is 2.00 bits per heavy atom. The summed E-state index contributed by atoms with van der Waals surface area (Å²) in [5.74, 6) is -1.27. The van der Waals surface area contributed by atoms with Crippen molar-refractivity contribution in [1.29, 1.82) is 0 Å². The Morgan fingerprint density at radius 3 is 2.77 bits per heavy atom. The summed E-state index contributed by atoms with van der Waals surface area (Å²) >= 11 is 0. The standard InChI is InChI=1S/C27H25FN2O5/c1-3-10-29-12-17-22(29)26(34)9-8-18(30-24(32)15-6-5-14(28)11-16(15)25(30)33)23-27(17,26)20-13(2)4-7-19(31)21(20)35-23/h3-7,11,17-18,22-23,31,34H,1,8-10,12H2,2H3/t17?,18-,22-,23+,26-,27+/m1/s1. The minimum absolute atomic E-state index is 0.0226. The number of aryl methyl sites for hydroxylation is 1. The molecule has 7 nitrogen and oxygen atoms in total. The van der Waals surface area contributed by atoms with Gasteiger partial charge in [0, 0.05) is 30.6 Å². The lowest BCUT2D eigenvalue weighted by atomic mass is 9.35. The van der Waals surface area contributed by atoms with Crippen LogP contribution in [0.15, 0.2) is 43.0 Å². The third-order valence-corrected chi connectivity index (χ3v) is 9.19. The van der Waals surface area contributed by atoms with E-state index in [4.69, 9.17) is 4.74 Å². The molecule has 5 aliphatic rings. The molecule has 3 heterocycles. The number of amides is 2. The van der Waals surface area contributed by atoms with Crippen LogP contribution in [0.2, 0.25) is 0 Å². The van der Waals surface area contributed by atoms with Crippen LogP contribution in [0.5, 0.6) is 11.5 Å². The molecule has 2 aromatic rings. The number of carbonyl (C=O) groups is 2. The maximum absolute atomic E-state index is 13.9. The molecule has 2 aromatic carbocycles. The van der Waals surface area contributed by atoms with Gasteiger partial charge in [-0.2, -0.15) is 0 Å². The average Bonchev–Trinajstić information content (AvgIpc) is 3.30. The van der Waals surface area contributed by atoms with Gasteiger partial charge in [-0.05, 0) is 49.6 Å². The zero-order chi connectivity index (χ0) is 24.4. The van der Waals surface area contributed by atoms with Gasteiger partial charge in [0.15, 0.2) is 11.5 Å². The first-order valence-electron chi connectivity index (χ1n) is 12.0. The molecule has 0 aromatic heterocycles. The van der Waals surface area contributed by atoms with Crippen molar-refractivity contribution < 1.29 is 28.9 Å². The van der Waals surface area contributed by atoms with Crippen molar-refractivity contribution in [3.63, 3.8) is 0 Å². The largest absolute Gasteiger partial charge is 0.504 e. The maximum atomic E-state index is 13.9.